The highest BCUT2D eigenvalue weighted by Gasteiger charge is 2.30. The lowest BCUT2D eigenvalue weighted by Crippen LogP contribution is -2.39. The van der Waals surface area contributed by atoms with Crippen molar-refractivity contribution in [1.82, 2.24) is 10.3 Å². The first-order chi connectivity index (χ1) is 11.9. The Hall–Kier alpha value is -2.63. The first kappa shape index (κ1) is 18.7. The molecule has 1 aromatic carbocycles. The van der Waals surface area contributed by atoms with E-state index in [2.05, 4.69) is 10.3 Å². The van der Waals surface area contributed by atoms with E-state index in [0.29, 0.717) is 11.1 Å². The summed E-state index contributed by atoms with van der Waals surface area (Å²) < 4.78 is 27.7. The molecule has 2 aromatic rings. The van der Waals surface area contributed by atoms with Crippen LogP contribution in [0.3, 0.4) is 0 Å². The van der Waals surface area contributed by atoms with Gasteiger partial charge in [0.05, 0.1) is 19.1 Å². The van der Waals surface area contributed by atoms with E-state index in [-0.39, 0.29) is 12.2 Å². The van der Waals surface area contributed by atoms with Gasteiger partial charge >= 0.3 is 0 Å². The molecule has 0 radical (unpaired) electrons. The number of rotatable bonds is 7. The molecule has 0 aliphatic rings. The predicted octanol–water partition coefficient (Wildman–Crippen LogP) is 3.09. The van der Waals surface area contributed by atoms with Gasteiger partial charge in [-0.25, -0.2) is 4.39 Å². The number of ketones is 1. The van der Waals surface area contributed by atoms with E-state index in [9.17, 15) is 18.4 Å². The van der Waals surface area contributed by atoms with Crippen molar-refractivity contribution in [3.63, 3.8) is 0 Å². The Morgan fingerprint density at radius 1 is 1.16 bits per heavy atom. The normalized spacial score (nSPS) is 13.1. The van der Waals surface area contributed by atoms with Crippen molar-refractivity contribution in [2.45, 2.75) is 25.9 Å². The molecule has 1 aromatic heterocycles. The van der Waals surface area contributed by atoms with Crippen LogP contribution in [0, 0.1) is 13.8 Å². The molecular weight excluding hydrogens is 326 g/mol. The van der Waals surface area contributed by atoms with E-state index in [1.807, 2.05) is 6.92 Å². The predicted molar refractivity (Wildman–Crippen MR) is 91.1 cm³/mol. The molecule has 4 nitrogen and oxygen atoms in total. The number of carbonyl (C=O) groups is 2. The lowest BCUT2D eigenvalue weighted by molar-refractivity contribution is -0.126. The fraction of sp³-hybridized carbons (Fsp3) is 0.316. The van der Waals surface area contributed by atoms with Crippen molar-refractivity contribution in [2.24, 2.45) is 0 Å². The van der Waals surface area contributed by atoms with Gasteiger partial charge in [-0.15, -0.1) is 0 Å². The van der Waals surface area contributed by atoms with Crippen molar-refractivity contribution < 1.29 is 18.4 Å². The largest absolute Gasteiger partial charge is 0.346 e. The summed E-state index contributed by atoms with van der Waals surface area (Å²) in [5.74, 6) is -2.64. The quantitative estimate of drug-likeness (QED) is 0.784. The van der Waals surface area contributed by atoms with Crippen LogP contribution in [0.15, 0.2) is 42.6 Å². The third-order valence-corrected chi connectivity index (χ3v) is 3.97. The van der Waals surface area contributed by atoms with Crippen LogP contribution < -0.4 is 5.32 Å². The number of carbonyl (C=O) groups excluding carboxylic acids is 2. The SMILES string of the molecule is Cc1ccc(C(CF)C(F)C(=O)NCC(=O)c2ncccc2C)cc1. The number of benzene rings is 1. The number of aromatic nitrogens is 1. The van der Waals surface area contributed by atoms with Gasteiger partial charge in [0.15, 0.2) is 6.17 Å². The Morgan fingerprint density at radius 2 is 1.84 bits per heavy atom. The maximum Gasteiger partial charge on any atom is 0.255 e. The molecule has 25 heavy (non-hydrogen) atoms. The van der Waals surface area contributed by atoms with Crippen LogP contribution in [-0.4, -0.2) is 36.1 Å². The first-order valence-corrected chi connectivity index (χ1v) is 7.93. The summed E-state index contributed by atoms with van der Waals surface area (Å²) >= 11 is 0. The van der Waals surface area contributed by atoms with E-state index in [1.54, 1.807) is 43.3 Å². The zero-order valence-corrected chi connectivity index (χ0v) is 14.1. The Labute approximate surface area is 145 Å². The number of alkyl halides is 2. The van der Waals surface area contributed by atoms with E-state index < -0.39 is 30.5 Å². The van der Waals surface area contributed by atoms with E-state index in [1.165, 1.54) is 6.20 Å². The number of halogens is 2. The molecule has 6 heteroatoms. The molecule has 0 saturated heterocycles. The molecule has 0 spiro atoms. The highest BCUT2D eigenvalue weighted by molar-refractivity contribution is 5.99. The monoisotopic (exact) mass is 346 g/mol. The fourth-order valence-electron chi connectivity index (χ4n) is 2.46. The summed E-state index contributed by atoms with van der Waals surface area (Å²) in [6.45, 7) is 2.19. The highest BCUT2D eigenvalue weighted by Crippen LogP contribution is 2.23. The van der Waals surface area contributed by atoms with Crippen LogP contribution in [-0.2, 0) is 4.79 Å². The molecule has 0 saturated carbocycles. The molecule has 0 fully saturated rings. The number of aryl methyl sites for hydroxylation is 2. The molecule has 2 atom stereocenters. The van der Waals surface area contributed by atoms with E-state index in [4.69, 9.17) is 0 Å². The van der Waals surface area contributed by atoms with Crippen molar-refractivity contribution in [3.05, 3.63) is 65.0 Å². The van der Waals surface area contributed by atoms with Gasteiger partial charge in [-0.2, -0.15) is 0 Å². The number of pyridine rings is 1. The lowest BCUT2D eigenvalue weighted by Gasteiger charge is -2.18. The Balaban J connectivity index is 2.00. The summed E-state index contributed by atoms with van der Waals surface area (Å²) in [5, 5.41) is 2.23. The minimum atomic E-state index is -2.08. The molecule has 2 unspecified atom stereocenters. The van der Waals surface area contributed by atoms with Crippen LogP contribution in [0.1, 0.15) is 33.1 Å². The van der Waals surface area contributed by atoms with Gasteiger partial charge in [0.25, 0.3) is 5.91 Å². The molecule has 0 aliphatic heterocycles. The number of nitrogens with zero attached hydrogens (tertiary/aromatic N) is 1. The fourth-order valence-corrected chi connectivity index (χ4v) is 2.46. The van der Waals surface area contributed by atoms with Crippen LogP contribution >= 0.6 is 0 Å². The van der Waals surface area contributed by atoms with Gasteiger partial charge in [-0.1, -0.05) is 35.9 Å². The molecule has 132 valence electrons. The van der Waals surface area contributed by atoms with Crippen LogP contribution in [0.25, 0.3) is 0 Å². The Kier molecular flexibility index (Phi) is 6.33. The smallest absolute Gasteiger partial charge is 0.255 e. The Morgan fingerprint density at radius 3 is 2.44 bits per heavy atom. The van der Waals surface area contributed by atoms with Gasteiger partial charge < -0.3 is 5.32 Å². The maximum atomic E-state index is 14.4. The first-order valence-electron chi connectivity index (χ1n) is 7.93. The molecule has 2 rings (SSSR count). The summed E-state index contributed by atoms with van der Waals surface area (Å²) in [5.41, 5.74) is 2.25. The summed E-state index contributed by atoms with van der Waals surface area (Å²) in [6.07, 6.45) is -0.610. The van der Waals surface area contributed by atoms with Crippen molar-refractivity contribution in [1.29, 1.82) is 0 Å². The van der Waals surface area contributed by atoms with Crippen molar-refractivity contribution >= 4 is 11.7 Å². The number of nitrogens with one attached hydrogen (secondary N) is 1. The second-order valence-corrected chi connectivity index (χ2v) is 5.88. The van der Waals surface area contributed by atoms with Gasteiger partial charge in [0.1, 0.15) is 5.69 Å². The minimum absolute atomic E-state index is 0.221. The van der Waals surface area contributed by atoms with Crippen LogP contribution in [0.4, 0.5) is 8.78 Å². The van der Waals surface area contributed by atoms with Crippen LogP contribution in [0.5, 0.6) is 0 Å². The summed E-state index contributed by atoms with van der Waals surface area (Å²) in [7, 11) is 0. The van der Waals surface area contributed by atoms with E-state index >= 15 is 0 Å². The third-order valence-electron chi connectivity index (χ3n) is 3.97. The molecule has 0 bridgehead atoms. The number of Topliss-reactive ketones (excluding diaryl/α,β-unsaturated/α-hetero) is 1. The zero-order chi connectivity index (χ0) is 18.4. The molecule has 1 heterocycles. The zero-order valence-electron chi connectivity index (χ0n) is 14.1. The average Bonchev–Trinajstić information content (AvgIpc) is 2.61. The van der Waals surface area contributed by atoms with Crippen LogP contribution in [0.2, 0.25) is 0 Å². The topological polar surface area (TPSA) is 59.1 Å². The summed E-state index contributed by atoms with van der Waals surface area (Å²) in [6, 6.07) is 10.1. The molecule has 0 aliphatic carbocycles. The van der Waals surface area contributed by atoms with Crippen molar-refractivity contribution in [2.75, 3.05) is 13.2 Å². The number of hydrogen-bond donors (Lipinski definition) is 1. The molecule has 1 N–H and O–H groups in total. The summed E-state index contributed by atoms with van der Waals surface area (Å²) in [4.78, 5) is 28.0. The van der Waals surface area contributed by atoms with Gasteiger partial charge in [0.2, 0.25) is 5.78 Å². The highest BCUT2D eigenvalue weighted by atomic mass is 19.1. The van der Waals surface area contributed by atoms with Gasteiger partial charge in [-0.05, 0) is 31.0 Å². The third kappa shape index (κ3) is 4.68. The second-order valence-electron chi connectivity index (χ2n) is 5.88. The Bertz CT molecular complexity index is 747. The standard InChI is InChI=1S/C19H20F2N2O2/c1-12-5-7-14(8-6-12)15(10-20)17(21)19(25)23-11-16(24)18-13(2)4-3-9-22-18/h3-9,15,17H,10-11H2,1-2H3,(H,23,25). The van der Waals surface area contributed by atoms with E-state index in [0.717, 1.165) is 5.56 Å². The molecular formula is C19H20F2N2O2. The number of amides is 1. The molecule has 1 amide bonds. The average molecular weight is 346 g/mol. The van der Waals surface area contributed by atoms with Crippen molar-refractivity contribution in [3.8, 4) is 0 Å². The van der Waals surface area contributed by atoms with Gasteiger partial charge in [0, 0.05) is 6.20 Å². The maximum absolute atomic E-state index is 14.4. The lowest BCUT2D eigenvalue weighted by atomic mass is 9.94. The number of hydrogen-bond acceptors (Lipinski definition) is 3. The van der Waals surface area contributed by atoms with Gasteiger partial charge in [-0.3, -0.25) is 19.0 Å². The second kappa shape index (κ2) is 8.46. The minimum Gasteiger partial charge on any atom is -0.346 e.